The van der Waals surface area contributed by atoms with E-state index in [1.807, 2.05) is 12.1 Å². The van der Waals surface area contributed by atoms with Crippen LogP contribution < -0.4 is 16.0 Å². The van der Waals surface area contributed by atoms with Gasteiger partial charge in [-0.2, -0.15) is 0 Å². The number of nitrogens with two attached hydrogens (primary N) is 1. The Labute approximate surface area is 155 Å². The molecule has 5 N–H and O–H groups in total. The number of benzene rings is 1. The van der Waals surface area contributed by atoms with Crippen molar-refractivity contribution in [1.29, 1.82) is 0 Å². The fraction of sp³-hybridized carbons (Fsp3) is 0.471. The number of nitrogens with zero attached hydrogens (tertiary/aromatic N) is 1. The maximum Gasteiger partial charge on any atom is 0.323 e. The number of nitrogens with one attached hydrogen (secondary N) is 1. The standard InChI is InChI=1S/C17H23N3O5S/c18-8-4-3-5-11(17(24)25)19-12-10-26-14-7-2-1-6-13(14)20(16(12)23)9-15(21)22/h1-2,6-7,11-12,19H,3-5,8-10,18H2,(H,21,22)(H,24,25)/t11-,12?/m0/s1. The van der Waals surface area contributed by atoms with Crippen molar-refractivity contribution in [2.24, 2.45) is 5.73 Å². The van der Waals surface area contributed by atoms with E-state index < -0.39 is 36.5 Å². The van der Waals surface area contributed by atoms with Gasteiger partial charge >= 0.3 is 11.9 Å². The number of para-hydroxylation sites is 1. The molecule has 8 nitrogen and oxygen atoms in total. The van der Waals surface area contributed by atoms with Gasteiger partial charge in [0.05, 0.1) is 11.7 Å². The molecule has 0 aromatic heterocycles. The molecule has 0 saturated heterocycles. The van der Waals surface area contributed by atoms with Gasteiger partial charge in [-0.25, -0.2) is 0 Å². The predicted octanol–water partition coefficient (Wildman–Crippen LogP) is 0.750. The molecule has 2 atom stereocenters. The van der Waals surface area contributed by atoms with Gasteiger partial charge in [-0.1, -0.05) is 18.6 Å². The molecule has 1 aromatic carbocycles. The van der Waals surface area contributed by atoms with Crippen molar-refractivity contribution in [3.05, 3.63) is 24.3 Å². The first-order valence-electron chi connectivity index (χ1n) is 8.38. The average Bonchev–Trinajstić information content (AvgIpc) is 2.72. The van der Waals surface area contributed by atoms with Crippen LogP contribution in [0.25, 0.3) is 0 Å². The zero-order chi connectivity index (χ0) is 19.1. The Kier molecular flexibility index (Phi) is 7.43. The zero-order valence-electron chi connectivity index (χ0n) is 14.3. The maximum absolute atomic E-state index is 12.9. The first-order chi connectivity index (χ1) is 12.4. The van der Waals surface area contributed by atoms with Crippen molar-refractivity contribution in [3.8, 4) is 0 Å². The van der Waals surface area contributed by atoms with E-state index in [0.29, 0.717) is 37.2 Å². The monoisotopic (exact) mass is 381 g/mol. The lowest BCUT2D eigenvalue weighted by Gasteiger charge is -2.26. The van der Waals surface area contributed by atoms with Crippen LogP contribution in [0.2, 0.25) is 0 Å². The lowest BCUT2D eigenvalue weighted by molar-refractivity contribution is -0.140. The summed E-state index contributed by atoms with van der Waals surface area (Å²) in [6.07, 6.45) is 1.69. The molecule has 1 aromatic rings. The molecule has 1 aliphatic rings. The van der Waals surface area contributed by atoms with Crippen LogP contribution in [0.1, 0.15) is 19.3 Å². The molecule has 2 rings (SSSR count). The Morgan fingerprint density at radius 3 is 2.69 bits per heavy atom. The number of rotatable bonds is 9. The van der Waals surface area contributed by atoms with Crippen LogP contribution in [0.4, 0.5) is 5.69 Å². The van der Waals surface area contributed by atoms with Crippen molar-refractivity contribution in [2.45, 2.75) is 36.2 Å². The molecule has 142 valence electrons. The van der Waals surface area contributed by atoms with E-state index in [-0.39, 0.29) is 0 Å². The Balaban J connectivity index is 2.20. The molecule has 0 aliphatic carbocycles. The Morgan fingerprint density at radius 2 is 2.04 bits per heavy atom. The first-order valence-corrected chi connectivity index (χ1v) is 9.36. The molecule has 1 heterocycles. The Hall–Kier alpha value is -2.10. The molecule has 26 heavy (non-hydrogen) atoms. The number of unbranched alkanes of at least 4 members (excludes halogenated alkanes) is 1. The highest BCUT2D eigenvalue weighted by Gasteiger charge is 2.34. The second-order valence-electron chi connectivity index (χ2n) is 5.99. The highest BCUT2D eigenvalue weighted by atomic mass is 32.2. The summed E-state index contributed by atoms with van der Waals surface area (Å²) in [6, 6.07) is 5.40. The number of amides is 1. The Bertz CT molecular complexity index is 670. The van der Waals surface area contributed by atoms with E-state index in [2.05, 4.69) is 5.32 Å². The lowest BCUT2D eigenvalue weighted by Crippen LogP contribution is -2.53. The van der Waals surface area contributed by atoms with Gasteiger partial charge in [-0.15, -0.1) is 11.8 Å². The summed E-state index contributed by atoms with van der Waals surface area (Å²) < 4.78 is 0. The van der Waals surface area contributed by atoms with Crippen LogP contribution in [0.15, 0.2) is 29.2 Å². The van der Waals surface area contributed by atoms with Gasteiger partial charge in [-0.3, -0.25) is 24.6 Å². The van der Waals surface area contributed by atoms with E-state index in [9.17, 15) is 24.6 Å². The number of fused-ring (bicyclic) bond motifs is 1. The zero-order valence-corrected chi connectivity index (χ0v) is 15.1. The van der Waals surface area contributed by atoms with E-state index in [0.717, 1.165) is 4.90 Å². The van der Waals surface area contributed by atoms with Crippen molar-refractivity contribution < 1.29 is 24.6 Å². The summed E-state index contributed by atoms with van der Waals surface area (Å²) in [7, 11) is 0. The van der Waals surface area contributed by atoms with Gasteiger partial charge in [0.1, 0.15) is 12.6 Å². The van der Waals surface area contributed by atoms with Gasteiger partial charge in [0.15, 0.2) is 0 Å². The smallest absolute Gasteiger partial charge is 0.323 e. The van der Waals surface area contributed by atoms with Gasteiger partial charge in [0.2, 0.25) is 5.91 Å². The summed E-state index contributed by atoms with van der Waals surface area (Å²) in [5, 5.41) is 21.5. The van der Waals surface area contributed by atoms with E-state index in [4.69, 9.17) is 5.73 Å². The fourth-order valence-electron chi connectivity index (χ4n) is 2.78. The molecule has 0 spiro atoms. The van der Waals surface area contributed by atoms with Gasteiger partial charge < -0.3 is 15.9 Å². The number of hydrogen-bond donors (Lipinski definition) is 4. The molecule has 0 bridgehead atoms. The second kappa shape index (κ2) is 9.56. The van der Waals surface area contributed by atoms with Crippen molar-refractivity contribution in [3.63, 3.8) is 0 Å². The molecule has 0 radical (unpaired) electrons. The number of carboxylic acids is 2. The minimum atomic E-state index is -1.13. The fourth-order valence-corrected chi connectivity index (χ4v) is 3.87. The topological polar surface area (TPSA) is 133 Å². The average molecular weight is 381 g/mol. The van der Waals surface area contributed by atoms with Crippen LogP contribution in [0.3, 0.4) is 0 Å². The SMILES string of the molecule is NCCCC[C@H](NC1CSc2ccccc2N(CC(=O)O)C1=O)C(=O)O. The third-order valence-corrected chi connectivity index (χ3v) is 5.22. The first kappa shape index (κ1) is 20.2. The molecule has 0 fully saturated rings. The number of carbonyl (C=O) groups is 3. The number of anilines is 1. The summed E-state index contributed by atoms with van der Waals surface area (Å²) in [5.41, 5.74) is 5.98. The number of carbonyl (C=O) groups excluding carboxylic acids is 1. The van der Waals surface area contributed by atoms with E-state index >= 15 is 0 Å². The molecule has 1 amide bonds. The van der Waals surface area contributed by atoms with Crippen molar-refractivity contribution >= 4 is 35.3 Å². The summed E-state index contributed by atoms with van der Waals surface area (Å²) in [6.45, 7) is 0.00570. The number of aliphatic carboxylic acids is 2. The minimum Gasteiger partial charge on any atom is -0.480 e. The number of hydrogen-bond acceptors (Lipinski definition) is 6. The minimum absolute atomic E-state index is 0.326. The highest BCUT2D eigenvalue weighted by Crippen LogP contribution is 2.34. The normalized spacial score (nSPS) is 18.1. The summed E-state index contributed by atoms with van der Waals surface area (Å²) in [5.74, 6) is -2.27. The van der Waals surface area contributed by atoms with Crippen LogP contribution in [0, 0.1) is 0 Å². The van der Waals surface area contributed by atoms with Gasteiger partial charge in [0.25, 0.3) is 0 Å². The molecule has 0 saturated carbocycles. The third kappa shape index (κ3) is 5.20. The van der Waals surface area contributed by atoms with Crippen molar-refractivity contribution in [2.75, 3.05) is 23.7 Å². The quantitative estimate of drug-likeness (QED) is 0.461. The van der Waals surface area contributed by atoms with Crippen LogP contribution in [0.5, 0.6) is 0 Å². The highest BCUT2D eigenvalue weighted by molar-refractivity contribution is 7.99. The molecule has 1 aliphatic heterocycles. The molecular weight excluding hydrogens is 358 g/mol. The molecule has 1 unspecified atom stereocenters. The Morgan fingerprint density at radius 1 is 1.31 bits per heavy atom. The number of carboxylic acid groups (broad SMARTS) is 2. The third-order valence-electron chi connectivity index (χ3n) is 4.07. The van der Waals surface area contributed by atoms with Gasteiger partial charge in [-0.05, 0) is 31.5 Å². The van der Waals surface area contributed by atoms with E-state index in [1.165, 1.54) is 16.7 Å². The van der Waals surface area contributed by atoms with Crippen LogP contribution in [-0.2, 0) is 14.4 Å². The molecule has 9 heteroatoms. The second-order valence-corrected chi connectivity index (χ2v) is 7.05. The molecular formula is C17H23N3O5S. The van der Waals surface area contributed by atoms with E-state index in [1.54, 1.807) is 12.1 Å². The maximum atomic E-state index is 12.9. The largest absolute Gasteiger partial charge is 0.480 e. The lowest BCUT2D eigenvalue weighted by atomic mass is 10.1. The van der Waals surface area contributed by atoms with Gasteiger partial charge in [0, 0.05) is 10.6 Å². The summed E-state index contributed by atoms with van der Waals surface area (Å²) >= 11 is 1.40. The van der Waals surface area contributed by atoms with Crippen molar-refractivity contribution in [1.82, 2.24) is 5.32 Å². The number of thioether (sulfide) groups is 1. The van der Waals surface area contributed by atoms with Crippen LogP contribution in [-0.4, -0.2) is 59.0 Å². The predicted molar refractivity (Wildman–Crippen MR) is 98.4 cm³/mol. The van der Waals surface area contributed by atoms with Crippen LogP contribution >= 0.6 is 11.8 Å². The summed E-state index contributed by atoms with van der Waals surface area (Å²) in [4.78, 5) is 37.6.